The van der Waals surface area contributed by atoms with Crippen LogP contribution in [0.25, 0.3) is 0 Å². The maximum atomic E-state index is 10.0. The van der Waals surface area contributed by atoms with Crippen molar-refractivity contribution in [2.24, 2.45) is 0 Å². The van der Waals surface area contributed by atoms with Crippen LogP contribution >= 0.6 is 12.4 Å². The molecule has 2 rings (SSSR count). The topological polar surface area (TPSA) is 61.7 Å². The van der Waals surface area contributed by atoms with Crippen molar-refractivity contribution in [2.45, 2.75) is 32.5 Å². The molecule has 1 unspecified atom stereocenters. The summed E-state index contributed by atoms with van der Waals surface area (Å²) in [5.41, 5.74) is 0. The summed E-state index contributed by atoms with van der Waals surface area (Å²) in [7, 11) is 0. The van der Waals surface area contributed by atoms with Crippen LogP contribution < -0.4 is 4.90 Å². The first-order chi connectivity index (χ1) is 10.1. The van der Waals surface area contributed by atoms with E-state index in [2.05, 4.69) is 19.8 Å². The first kappa shape index (κ1) is 19.1. The Morgan fingerprint density at radius 1 is 1.18 bits per heavy atom. The Morgan fingerprint density at radius 3 is 2.59 bits per heavy atom. The Bertz CT molecular complexity index is 408. The lowest BCUT2D eigenvalue weighted by atomic mass is 10.3. The lowest BCUT2D eigenvalue weighted by Crippen LogP contribution is -2.38. The Balaban J connectivity index is 0.00000242. The van der Waals surface area contributed by atoms with Gasteiger partial charge in [-0.15, -0.1) is 12.4 Å². The van der Waals surface area contributed by atoms with E-state index < -0.39 is 6.10 Å². The van der Waals surface area contributed by atoms with Crippen LogP contribution in [0.5, 0.6) is 0 Å². The number of hydrogen-bond acceptors (Lipinski definition) is 6. The third kappa shape index (κ3) is 6.44. The molecule has 7 heteroatoms. The molecule has 1 fully saturated rings. The van der Waals surface area contributed by atoms with Gasteiger partial charge in [0.2, 0.25) is 5.95 Å². The third-order valence-electron chi connectivity index (χ3n) is 3.51. The van der Waals surface area contributed by atoms with E-state index >= 15 is 0 Å². The molecule has 126 valence electrons. The quantitative estimate of drug-likeness (QED) is 0.845. The van der Waals surface area contributed by atoms with Gasteiger partial charge in [-0.1, -0.05) is 0 Å². The van der Waals surface area contributed by atoms with Crippen LogP contribution in [-0.2, 0) is 4.74 Å². The summed E-state index contributed by atoms with van der Waals surface area (Å²) in [6.45, 7) is 8.78. The fourth-order valence-corrected chi connectivity index (χ4v) is 2.46. The van der Waals surface area contributed by atoms with Crippen molar-refractivity contribution in [3.05, 3.63) is 18.5 Å². The molecular weight excluding hydrogens is 304 g/mol. The number of aliphatic hydroxyl groups excluding tert-OH is 1. The summed E-state index contributed by atoms with van der Waals surface area (Å²) < 4.78 is 5.46. The minimum atomic E-state index is -0.424. The summed E-state index contributed by atoms with van der Waals surface area (Å²) in [5.74, 6) is 0.794. The van der Waals surface area contributed by atoms with E-state index in [9.17, 15) is 5.11 Å². The molecule has 0 amide bonds. The zero-order valence-corrected chi connectivity index (χ0v) is 14.2. The Labute approximate surface area is 138 Å². The monoisotopic (exact) mass is 330 g/mol. The van der Waals surface area contributed by atoms with Crippen molar-refractivity contribution in [1.82, 2.24) is 14.9 Å². The average molecular weight is 331 g/mol. The van der Waals surface area contributed by atoms with Crippen LogP contribution in [0.4, 0.5) is 5.95 Å². The fourth-order valence-electron chi connectivity index (χ4n) is 2.46. The van der Waals surface area contributed by atoms with Crippen molar-refractivity contribution >= 4 is 18.4 Å². The number of anilines is 1. The first-order valence-corrected chi connectivity index (χ1v) is 7.69. The molecule has 1 atom stereocenters. The minimum absolute atomic E-state index is 0. The predicted octanol–water partition coefficient (Wildman–Crippen LogP) is 1.20. The molecule has 1 N–H and O–H groups in total. The van der Waals surface area contributed by atoms with Crippen molar-refractivity contribution in [2.75, 3.05) is 44.2 Å². The highest BCUT2D eigenvalue weighted by atomic mass is 35.5. The largest absolute Gasteiger partial charge is 0.389 e. The highest BCUT2D eigenvalue weighted by molar-refractivity contribution is 5.85. The van der Waals surface area contributed by atoms with E-state index in [1.54, 1.807) is 12.4 Å². The van der Waals surface area contributed by atoms with Gasteiger partial charge in [0.05, 0.1) is 18.8 Å². The second-order valence-electron chi connectivity index (χ2n) is 5.73. The van der Waals surface area contributed by atoms with Gasteiger partial charge < -0.3 is 14.7 Å². The predicted molar refractivity (Wildman–Crippen MR) is 89.6 cm³/mol. The van der Waals surface area contributed by atoms with E-state index in [4.69, 9.17) is 4.74 Å². The molecule has 22 heavy (non-hydrogen) atoms. The lowest BCUT2D eigenvalue weighted by molar-refractivity contribution is -0.00767. The molecule has 6 nitrogen and oxygen atoms in total. The van der Waals surface area contributed by atoms with Gasteiger partial charge >= 0.3 is 0 Å². The van der Waals surface area contributed by atoms with Crippen molar-refractivity contribution in [1.29, 1.82) is 0 Å². The molecule has 1 aliphatic rings. The van der Waals surface area contributed by atoms with Crippen LogP contribution in [-0.4, -0.2) is 71.5 Å². The van der Waals surface area contributed by atoms with Crippen LogP contribution in [0.1, 0.15) is 20.3 Å². The van der Waals surface area contributed by atoms with Gasteiger partial charge in [-0.05, 0) is 32.9 Å². The zero-order valence-electron chi connectivity index (χ0n) is 13.4. The number of rotatable bonds is 6. The van der Waals surface area contributed by atoms with E-state index in [0.717, 1.165) is 38.5 Å². The molecule has 1 aliphatic heterocycles. The van der Waals surface area contributed by atoms with Crippen molar-refractivity contribution < 1.29 is 9.84 Å². The maximum absolute atomic E-state index is 10.0. The molecular formula is C15H27ClN4O2. The Kier molecular flexibility index (Phi) is 8.63. The van der Waals surface area contributed by atoms with E-state index in [0.29, 0.717) is 13.2 Å². The van der Waals surface area contributed by atoms with Crippen LogP contribution in [0.15, 0.2) is 18.5 Å². The number of nitrogens with zero attached hydrogens (tertiary/aromatic N) is 4. The second-order valence-corrected chi connectivity index (χ2v) is 5.73. The Hall–Kier alpha value is -0.950. The number of halogens is 1. The number of aliphatic hydroxyl groups is 1. The molecule has 0 aliphatic carbocycles. The number of aromatic nitrogens is 2. The molecule has 0 saturated carbocycles. The van der Waals surface area contributed by atoms with Gasteiger partial charge in [0.15, 0.2) is 0 Å². The maximum Gasteiger partial charge on any atom is 0.225 e. The van der Waals surface area contributed by atoms with Gasteiger partial charge in [-0.3, -0.25) is 4.90 Å². The number of hydrogen-bond donors (Lipinski definition) is 1. The first-order valence-electron chi connectivity index (χ1n) is 7.69. The Morgan fingerprint density at radius 2 is 1.91 bits per heavy atom. The zero-order chi connectivity index (χ0) is 15.1. The molecule has 0 bridgehead atoms. The van der Waals surface area contributed by atoms with E-state index in [1.165, 1.54) is 0 Å². The molecule has 0 spiro atoms. The van der Waals surface area contributed by atoms with Gasteiger partial charge in [0.1, 0.15) is 0 Å². The molecule has 1 aromatic heterocycles. The van der Waals surface area contributed by atoms with E-state index in [-0.39, 0.29) is 18.5 Å². The highest BCUT2D eigenvalue weighted by Gasteiger charge is 2.19. The van der Waals surface area contributed by atoms with Crippen LogP contribution in [0, 0.1) is 0 Å². The van der Waals surface area contributed by atoms with Crippen LogP contribution in [0.2, 0.25) is 0 Å². The number of β-amino-alcohol motifs (C(OH)–C–C–N with tert-alkyl or cyclic N) is 1. The van der Waals surface area contributed by atoms with E-state index in [1.807, 2.05) is 19.9 Å². The summed E-state index contributed by atoms with van der Waals surface area (Å²) in [4.78, 5) is 13.1. The van der Waals surface area contributed by atoms with Crippen molar-refractivity contribution in [3.63, 3.8) is 0 Å². The molecule has 1 saturated heterocycles. The molecule has 2 heterocycles. The summed E-state index contributed by atoms with van der Waals surface area (Å²) in [6.07, 6.45) is 4.34. The van der Waals surface area contributed by atoms with Gasteiger partial charge in [-0.2, -0.15) is 0 Å². The fraction of sp³-hybridized carbons (Fsp3) is 0.733. The normalized spacial score (nSPS) is 17.9. The molecule has 0 aromatic carbocycles. The van der Waals surface area contributed by atoms with Gasteiger partial charge in [0, 0.05) is 38.6 Å². The van der Waals surface area contributed by atoms with Crippen molar-refractivity contribution in [3.8, 4) is 0 Å². The van der Waals surface area contributed by atoms with Gasteiger partial charge in [0.25, 0.3) is 0 Å². The lowest BCUT2D eigenvalue weighted by Gasteiger charge is -2.24. The van der Waals surface area contributed by atoms with Crippen LogP contribution in [0.3, 0.4) is 0 Å². The number of ether oxygens (including phenoxy) is 1. The second kappa shape index (κ2) is 9.94. The molecule has 1 aromatic rings. The third-order valence-corrected chi connectivity index (χ3v) is 3.51. The average Bonchev–Trinajstić information content (AvgIpc) is 2.72. The SMILES string of the molecule is CC(C)OCC(O)CN1CCCN(c2ncccn2)CC1.Cl. The summed E-state index contributed by atoms with van der Waals surface area (Å²) in [6, 6.07) is 1.83. The van der Waals surface area contributed by atoms with Gasteiger partial charge in [-0.25, -0.2) is 9.97 Å². The standard InChI is InChI=1S/C15H26N4O2.ClH/c1-13(2)21-12-14(20)11-18-7-4-8-19(10-9-18)15-16-5-3-6-17-15;/h3,5-6,13-14,20H,4,7-12H2,1-2H3;1H. The highest BCUT2D eigenvalue weighted by Crippen LogP contribution is 2.10. The summed E-state index contributed by atoms with van der Waals surface area (Å²) in [5, 5.41) is 10.0. The molecule has 0 radical (unpaired) electrons. The smallest absolute Gasteiger partial charge is 0.225 e. The minimum Gasteiger partial charge on any atom is -0.389 e. The summed E-state index contributed by atoms with van der Waals surface area (Å²) >= 11 is 0.